The maximum absolute atomic E-state index is 5.30. The number of nitrogens with zero attached hydrogens (tertiary/aromatic N) is 5. The fraction of sp³-hybridized carbons (Fsp3) is 0.0667. The molecular formula is C15H11N5OS2. The van der Waals surface area contributed by atoms with E-state index in [9.17, 15) is 0 Å². The second-order valence-electron chi connectivity index (χ2n) is 4.60. The van der Waals surface area contributed by atoms with Crippen molar-refractivity contribution >= 4 is 23.1 Å². The highest BCUT2D eigenvalue weighted by molar-refractivity contribution is 7.98. The van der Waals surface area contributed by atoms with E-state index < -0.39 is 0 Å². The Balaban J connectivity index is 1.49. The highest BCUT2D eigenvalue weighted by Crippen LogP contribution is 2.25. The van der Waals surface area contributed by atoms with Gasteiger partial charge in [0, 0.05) is 5.69 Å². The number of rotatable bonds is 5. The van der Waals surface area contributed by atoms with Crippen LogP contribution in [0.3, 0.4) is 0 Å². The summed E-state index contributed by atoms with van der Waals surface area (Å²) in [6.45, 7) is 0. The molecule has 23 heavy (non-hydrogen) atoms. The molecule has 3 heterocycles. The van der Waals surface area contributed by atoms with E-state index in [-0.39, 0.29) is 0 Å². The van der Waals surface area contributed by atoms with E-state index in [0.717, 1.165) is 15.7 Å². The van der Waals surface area contributed by atoms with Gasteiger partial charge in [0.25, 0.3) is 0 Å². The molecule has 114 valence electrons. The van der Waals surface area contributed by atoms with Gasteiger partial charge in [0.05, 0.1) is 10.6 Å². The van der Waals surface area contributed by atoms with Crippen molar-refractivity contribution in [3.8, 4) is 16.4 Å². The third kappa shape index (κ3) is 3.03. The zero-order valence-corrected chi connectivity index (χ0v) is 13.5. The second-order valence-corrected chi connectivity index (χ2v) is 6.49. The topological polar surface area (TPSA) is 69.6 Å². The molecular weight excluding hydrogens is 330 g/mol. The van der Waals surface area contributed by atoms with Crippen LogP contribution in [0.1, 0.15) is 5.89 Å². The molecule has 0 aliphatic carbocycles. The molecule has 0 spiro atoms. The number of hydrogen-bond donors (Lipinski definition) is 0. The molecule has 4 aromatic rings. The molecule has 0 N–H and O–H groups in total. The fourth-order valence-electron chi connectivity index (χ4n) is 2.03. The number of thioether (sulfide) groups is 1. The first-order chi connectivity index (χ1) is 11.4. The van der Waals surface area contributed by atoms with Crippen LogP contribution in [0.25, 0.3) is 16.4 Å². The summed E-state index contributed by atoms with van der Waals surface area (Å²) in [4.78, 5) is 5.41. The van der Waals surface area contributed by atoms with Gasteiger partial charge in [-0.3, -0.25) is 4.57 Å². The SMILES string of the molecule is c1ccc(-n2cnnc2SCc2nc(-c3cccs3)no2)cc1. The van der Waals surface area contributed by atoms with Gasteiger partial charge >= 0.3 is 0 Å². The largest absolute Gasteiger partial charge is 0.338 e. The summed E-state index contributed by atoms with van der Waals surface area (Å²) >= 11 is 3.10. The Morgan fingerprint density at radius 1 is 1.13 bits per heavy atom. The van der Waals surface area contributed by atoms with Gasteiger partial charge in [0.1, 0.15) is 6.33 Å². The van der Waals surface area contributed by atoms with Gasteiger partial charge in [0.2, 0.25) is 11.7 Å². The first-order valence-corrected chi connectivity index (χ1v) is 8.71. The molecule has 0 saturated heterocycles. The molecule has 1 aromatic carbocycles. The lowest BCUT2D eigenvalue weighted by atomic mass is 10.3. The molecule has 8 heteroatoms. The van der Waals surface area contributed by atoms with Crippen molar-refractivity contribution in [2.24, 2.45) is 0 Å². The smallest absolute Gasteiger partial charge is 0.237 e. The van der Waals surface area contributed by atoms with Crippen molar-refractivity contribution in [3.05, 3.63) is 60.1 Å². The predicted molar refractivity (Wildman–Crippen MR) is 88.5 cm³/mol. The van der Waals surface area contributed by atoms with Gasteiger partial charge in [-0.1, -0.05) is 41.2 Å². The summed E-state index contributed by atoms with van der Waals surface area (Å²) < 4.78 is 7.23. The molecule has 0 saturated carbocycles. The van der Waals surface area contributed by atoms with E-state index in [1.807, 2.05) is 52.4 Å². The van der Waals surface area contributed by atoms with E-state index in [4.69, 9.17) is 4.52 Å². The van der Waals surface area contributed by atoms with Crippen LogP contribution < -0.4 is 0 Å². The van der Waals surface area contributed by atoms with Gasteiger partial charge in [-0.15, -0.1) is 21.5 Å². The highest BCUT2D eigenvalue weighted by atomic mass is 32.2. The van der Waals surface area contributed by atoms with Crippen LogP contribution in [0.2, 0.25) is 0 Å². The molecule has 0 atom stereocenters. The minimum atomic E-state index is 0.546. The average molecular weight is 341 g/mol. The molecule has 0 radical (unpaired) electrons. The van der Waals surface area contributed by atoms with Crippen LogP contribution in [-0.4, -0.2) is 24.9 Å². The zero-order valence-electron chi connectivity index (χ0n) is 11.9. The lowest BCUT2D eigenvalue weighted by Gasteiger charge is -2.04. The number of benzene rings is 1. The van der Waals surface area contributed by atoms with E-state index >= 15 is 0 Å². The van der Waals surface area contributed by atoms with E-state index in [1.54, 1.807) is 17.7 Å². The molecule has 0 amide bonds. The van der Waals surface area contributed by atoms with Gasteiger partial charge < -0.3 is 4.52 Å². The summed E-state index contributed by atoms with van der Waals surface area (Å²) in [7, 11) is 0. The van der Waals surface area contributed by atoms with Crippen molar-refractivity contribution in [3.63, 3.8) is 0 Å². The van der Waals surface area contributed by atoms with E-state index in [0.29, 0.717) is 17.5 Å². The summed E-state index contributed by atoms with van der Waals surface area (Å²) in [5, 5.41) is 14.9. The van der Waals surface area contributed by atoms with Crippen LogP contribution in [-0.2, 0) is 5.75 Å². The Hall–Kier alpha value is -2.45. The average Bonchev–Trinajstić information content (AvgIpc) is 3.33. The standard InChI is InChI=1S/C15H11N5OS2/c1-2-5-11(6-3-1)20-10-16-18-15(20)23-9-13-17-14(19-21-13)12-7-4-8-22-12/h1-8,10H,9H2. The Morgan fingerprint density at radius 3 is 2.87 bits per heavy atom. The second kappa shape index (κ2) is 6.35. The van der Waals surface area contributed by atoms with Crippen molar-refractivity contribution in [1.82, 2.24) is 24.9 Å². The van der Waals surface area contributed by atoms with Crippen LogP contribution >= 0.6 is 23.1 Å². The summed E-state index contributed by atoms with van der Waals surface area (Å²) in [5.74, 6) is 1.74. The maximum Gasteiger partial charge on any atom is 0.237 e. The molecule has 6 nitrogen and oxygen atoms in total. The van der Waals surface area contributed by atoms with Gasteiger partial charge in [-0.05, 0) is 23.6 Å². The Kier molecular flexibility index (Phi) is 3.91. The van der Waals surface area contributed by atoms with Crippen LogP contribution in [0.15, 0.2) is 63.9 Å². The van der Waals surface area contributed by atoms with E-state index in [2.05, 4.69) is 20.3 Å². The van der Waals surface area contributed by atoms with Gasteiger partial charge in [0.15, 0.2) is 5.16 Å². The van der Waals surface area contributed by atoms with Crippen molar-refractivity contribution in [2.45, 2.75) is 10.9 Å². The van der Waals surface area contributed by atoms with Crippen molar-refractivity contribution in [2.75, 3.05) is 0 Å². The lowest BCUT2D eigenvalue weighted by molar-refractivity contribution is 0.391. The van der Waals surface area contributed by atoms with Crippen LogP contribution in [0.5, 0.6) is 0 Å². The third-order valence-electron chi connectivity index (χ3n) is 3.09. The number of hydrogen-bond acceptors (Lipinski definition) is 7. The molecule has 0 fully saturated rings. The lowest BCUT2D eigenvalue weighted by Crippen LogP contribution is -1.94. The molecule has 0 bridgehead atoms. The fourth-order valence-corrected chi connectivity index (χ4v) is 3.45. The molecule has 4 rings (SSSR count). The minimum Gasteiger partial charge on any atom is -0.338 e. The molecule has 0 aliphatic rings. The van der Waals surface area contributed by atoms with E-state index in [1.165, 1.54) is 11.8 Å². The first-order valence-electron chi connectivity index (χ1n) is 6.85. The monoisotopic (exact) mass is 341 g/mol. The normalized spacial score (nSPS) is 11.0. The molecule has 0 aliphatic heterocycles. The maximum atomic E-state index is 5.30. The Labute approximate surface area is 140 Å². The van der Waals surface area contributed by atoms with Gasteiger partial charge in [-0.25, -0.2) is 0 Å². The molecule has 3 aromatic heterocycles. The summed E-state index contributed by atoms with van der Waals surface area (Å²) in [5.41, 5.74) is 1.02. The quantitative estimate of drug-likeness (QED) is 0.516. The van der Waals surface area contributed by atoms with Crippen molar-refractivity contribution < 1.29 is 4.52 Å². The Bertz CT molecular complexity index is 886. The van der Waals surface area contributed by atoms with Gasteiger partial charge in [-0.2, -0.15) is 4.98 Å². The predicted octanol–water partition coefficient (Wildman–Crippen LogP) is 3.67. The zero-order chi connectivity index (χ0) is 15.5. The van der Waals surface area contributed by atoms with Crippen LogP contribution in [0, 0.1) is 0 Å². The number of para-hydroxylation sites is 1. The minimum absolute atomic E-state index is 0.546. The first kappa shape index (κ1) is 14.2. The third-order valence-corrected chi connectivity index (χ3v) is 4.88. The summed E-state index contributed by atoms with van der Waals surface area (Å²) in [6, 6.07) is 13.9. The summed E-state index contributed by atoms with van der Waals surface area (Å²) in [6.07, 6.45) is 1.70. The number of thiophene rings is 1. The highest BCUT2D eigenvalue weighted by Gasteiger charge is 2.12. The van der Waals surface area contributed by atoms with Crippen LogP contribution in [0.4, 0.5) is 0 Å². The van der Waals surface area contributed by atoms with Crippen molar-refractivity contribution in [1.29, 1.82) is 0 Å². The number of aromatic nitrogens is 5. The molecule has 0 unspecified atom stereocenters. The Morgan fingerprint density at radius 2 is 2.04 bits per heavy atom.